The van der Waals surface area contributed by atoms with Gasteiger partial charge in [-0.05, 0) is 74.7 Å². The fourth-order valence-corrected chi connectivity index (χ4v) is 6.59. The van der Waals surface area contributed by atoms with Gasteiger partial charge in [0.2, 0.25) is 5.91 Å². The molecule has 2 N–H and O–H groups in total. The number of aryl methyl sites for hydroxylation is 1. The summed E-state index contributed by atoms with van der Waals surface area (Å²) in [4.78, 5) is 11.9. The van der Waals surface area contributed by atoms with Crippen LogP contribution in [-0.4, -0.2) is 28.3 Å². The number of piperidine rings is 1. The molecule has 5 nitrogen and oxygen atoms in total. The topological polar surface area (TPSA) is 59.0 Å². The summed E-state index contributed by atoms with van der Waals surface area (Å²) in [5.74, 6) is 5.02. The Kier molecular flexibility index (Phi) is 3.88. The number of amides is 1. The Morgan fingerprint density at radius 3 is 2.56 bits per heavy atom. The molecule has 5 heteroatoms. The summed E-state index contributed by atoms with van der Waals surface area (Å²) in [6, 6.07) is 0.394. The molecule has 0 aromatic carbocycles. The SMILES string of the molecule is Cn1cc([C@@H]2NC(=O)CC[C@H]2NCC2C3CC4CC(C3)CC2C4)cn1. The average Bonchev–Trinajstić information content (AvgIpc) is 3.01. The molecule has 6 rings (SSSR count). The van der Waals surface area contributed by atoms with Gasteiger partial charge in [-0.15, -0.1) is 0 Å². The molecule has 25 heavy (non-hydrogen) atoms. The quantitative estimate of drug-likeness (QED) is 0.883. The Morgan fingerprint density at radius 2 is 1.92 bits per heavy atom. The summed E-state index contributed by atoms with van der Waals surface area (Å²) in [7, 11) is 1.94. The highest BCUT2D eigenvalue weighted by molar-refractivity contribution is 5.77. The first-order valence-corrected chi connectivity index (χ1v) is 10.2. The average molecular weight is 342 g/mol. The summed E-state index contributed by atoms with van der Waals surface area (Å²) >= 11 is 0. The Bertz CT molecular complexity index is 626. The van der Waals surface area contributed by atoms with Crippen LogP contribution in [-0.2, 0) is 11.8 Å². The van der Waals surface area contributed by atoms with E-state index in [0.717, 1.165) is 48.1 Å². The first kappa shape index (κ1) is 15.9. The van der Waals surface area contributed by atoms with Crippen molar-refractivity contribution in [1.82, 2.24) is 20.4 Å². The molecule has 2 atom stereocenters. The fraction of sp³-hybridized carbons (Fsp3) is 0.800. The number of nitrogens with zero attached hydrogens (tertiary/aromatic N) is 2. The Morgan fingerprint density at radius 1 is 1.20 bits per heavy atom. The van der Waals surface area contributed by atoms with E-state index in [1.165, 1.54) is 32.1 Å². The number of hydrogen-bond acceptors (Lipinski definition) is 3. The standard InChI is InChI=1S/C20H30N4O/c1-24-11-16(9-22-24)20-18(2-3-19(25)23-20)21-10-17-14-5-12-4-13(7-14)8-15(17)6-12/h9,11-15,17-18,20-21H,2-8,10H2,1H3,(H,23,25)/t12?,13?,14?,15?,17?,18-,20+/m1/s1. The minimum atomic E-state index is 0.0618. The number of nitrogens with one attached hydrogen (secondary N) is 2. The van der Waals surface area contributed by atoms with Gasteiger partial charge in [0.15, 0.2) is 0 Å². The van der Waals surface area contributed by atoms with E-state index in [4.69, 9.17) is 0 Å². The van der Waals surface area contributed by atoms with Crippen LogP contribution in [0.3, 0.4) is 0 Å². The fourth-order valence-electron chi connectivity index (χ4n) is 6.59. The van der Waals surface area contributed by atoms with Gasteiger partial charge >= 0.3 is 0 Å². The van der Waals surface area contributed by atoms with E-state index >= 15 is 0 Å². The molecule has 0 unspecified atom stereocenters. The Balaban J connectivity index is 1.27. The van der Waals surface area contributed by atoms with E-state index in [-0.39, 0.29) is 11.9 Å². The van der Waals surface area contributed by atoms with Crippen molar-refractivity contribution in [2.45, 2.75) is 57.0 Å². The van der Waals surface area contributed by atoms with Gasteiger partial charge in [-0.25, -0.2) is 0 Å². The third-order valence-electron chi connectivity index (χ3n) is 7.52. The lowest BCUT2D eigenvalue weighted by Gasteiger charge is -2.55. The van der Waals surface area contributed by atoms with Gasteiger partial charge < -0.3 is 10.6 Å². The minimum absolute atomic E-state index is 0.0618. The van der Waals surface area contributed by atoms with Gasteiger partial charge in [-0.1, -0.05) is 0 Å². The highest BCUT2D eigenvalue weighted by atomic mass is 16.1. The van der Waals surface area contributed by atoms with Crippen LogP contribution in [0.5, 0.6) is 0 Å². The predicted octanol–water partition coefficient (Wildman–Crippen LogP) is 2.40. The van der Waals surface area contributed by atoms with Crippen LogP contribution in [0.1, 0.15) is 56.6 Å². The molecule has 1 amide bonds. The van der Waals surface area contributed by atoms with Gasteiger partial charge in [0.05, 0.1) is 12.2 Å². The highest BCUT2D eigenvalue weighted by Gasteiger charge is 2.48. The zero-order valence-corrected chi connectivity index (χ0v) is 15.2. The van der Waals surface area contributed by atoms with Crippen molar-refractivity contribution in [2.75, 3.05) is 6.54 Å². The van der Waals surface area contributed by atoms with Crippen molar-refractivity contribution in [3.63, 3.8) is 0 Å². The largest absolute Gasteiger partial charge is 0.348 e. The maximum Gasteiger partial charge on any atom is 0.220 e. The molecule has 2 heterocycles. The van der Waals surface area contributed by atoms with E-state index in [9.17, 15) is 4.79 Å². The van der Waals surface area contributed by atoms with Gasteiger partial charge in [-0.2, -0.15) is 5.10 Å². The number of rotatable bonds is 4. The van der Waals surface area contributed by atoms with Crippen LogP contribution >= 0.6 is 0 Å². The molecule has 136 valence electrons. The molecule has 4 bridgehead atoms. The first-order chi connectivity index (χ1) is 12.2. The van der Waals surface area contributed by atoms with Gasteiger partial charge in [-0.3, -0.25) is 9.48 Å². The Labute approximate surface area is 149 Å². The van der Waals surface area contributed by atoms with Crippen LogP contribution < -0.4 is 10.6 Å². The second-order valence-corrected chi connectivity index (χ2v) is 9.14. The lowest BCUT2D eigenvalue weighted by atomic mass is 9.52. The van der Waals surface area contributed by atoms with E-state index in [0.29, 0.717) is 12.5 Å². The van der Waals surface area contributed by atoms with Gasteiger partial charge in [0, 0.05) is 31.3 Å². The smallest absolute Gasteiger partial charge is 0.220 e. The van der Waals surface area contributed by atoms with Crippen LogP contribution in [0.4, 0.5) is 0 Å². The van der Waals surface area contributed by atoms with Crippen LogP contribution in [0.15, 0.2) is 12.4 Å². The van der Waals surface area contributed by atoms with Crippen molar-refractivity contribution in [3.05, 3.63) is 18.0 Å². The molecule has 4 saturated carbocycles. The van der Waals surface area contributed by atoms with Crippen molar-refractivity contribution >= 4 is 5.91 Å². The molecular weight excluding hydrogens is 312 g/mol. The van der Waals surface area contributed by atoms with Gasteiger partial charge in [0.1, 0.15) is 0 Å². The van der Waals surface area contributed by atoms with Crippen LogP contribution in [0.2, 0.25) is 0 Å². The minimum Gasteiger partial charge on any atom is -0.348 e. The van der Waals surface area contributed by atoms with Crippen molar-refractivity contribution in [2.24, 2.45) is 36.6 Å². The second-order valence-electron chi connectivity index (χ2n) is 9.14. The molecule has 5 aliphatic rings. The predicted molar refractivity (Wildman–Crippen MR) is 95.7 cm³/mol. The normalized spacial score (nSPS) is 42.6. The summed E-state index contributed by atoms with van der Waals surface area (Å²) in [6.07, 6.45) is 12.9. The monoisotopic (exact) mass is 342 g/mol. The second kappa shape index (κ2) is 6.11. The molecule has 1 saturated heterocycles. The van der Waals surface area contributed by atoms with Gasteiger partial charge in [0.25, 0.3) is 0 Å². The highest BCUT2D eigenvalue weighted by Crippen LogP contribution is 2.56. The number of hydrogen-bond donors (Lipinski definition) is 2. The molecule has 5 fully saturated rings. The van der Waals surface area contributed by atoms with E-state index in [1.54, 1.807) is 0 Å². The first-order valence-electron chi connectivity index (χ1n) is 10.2. The summed E-state index contributed by atoms with van der Waals surface area (Å²) in [5.41, 5.74) is 1.12. The number of carbonyl (C=O) groups excluding carboxylic acids is 1. The summed E-state index contributed by atoms with van der Waals surface area (Å²) in [6.45, 7) is 1.13. The lowest BCUT2D eigenvalue weighted by molar-refractivity contribution is -0.124. The van der Waals surface area contributed by atoms with Crippen LogP contribution in [0.25, 0.3) is 0 Å². The van der Waals surface area contributed by atoms with E-state index in [1.807, 2.05) is 24.1 Å². The van der Waals surface area contributed by atoms with Crippen LogP contribution in [0, 0.1) is 29.6 Å². The summed E-state index contributed by atoms with van der Waals surface area (Å²) in [5, 5.41) is 11.4. The third-order valence-corrected chi connectivity index (χ3v) is 7.52. The molecular formula is C20H30N4O. The molecule has 1 aliphatic heterocycles. The molecule has 0 radical (unpaired) electrons. The molecule has 4 aliphatic carbocycles. The Hall–Kier alpha value is -1.36. The van der Waals surface area contributed by atoms with E-state index < -0.39 is 0 Å². The zero-order chi connectivity index (χ0) is 17.0. The maximum absolute atomic E-state index is 11.9. The zero-order valence-electron chi connectivity index (χ0n) is 15.2. The molecule has 1 aromatic rings. The van der Waals surface area contributed by atoms with Crippen molar-refractivity contribution in [3.8, 4) is 0 Å². The molecule has 0 spiro atoms. The third kappa shape index (κ3) is 2.90. The van der Waals surface area contributed by atoms with E-state index in [2.05, 4.69) is 15.7 Å². The van der Waals surface area contributed by atoms with Crippen molar-refractivity contribution in [1.29, 1.82) is 0 Å². The lowest BCUT2D eigenvalue weighted by Crippen LogP contribution is -2.53. The van der Waals surface area contributed by atoms with Crippen molar-refractivity contribution < 1.29 is 4.79 Å². The number of carbonyl (C=O) groups is 1. The maximum atomic E-state index is 11.9. The number of aromatic nitrogens is 2. The molecule has 1 aromatic heterocycles. The summed E-state index contributed by atoms with van der Waals surface area (Å²) < 4.78 is 1.82.